The number of alkyl halides is 2. The molecule has 138 valence electrons. The smallest absolute Gasteiger partial charge is 0.387 e. The number of anilines is 2. The number of hydrogen-bond acceptors (Lipinski definition) is 5. The molecule has 0 unspecified atom stereocenters. The van der Waals surface area contributed by atoms with Gasteiger partial charge in [-0.05, 0) is 36.8 Å². The Kier molecular flexibility index (Phi) is 6.48. The van der Waals surface area contributed by atoms with Crippen LogP contribution in [0.1, 0.15) is 15.9 Å². The Morgan fingerprint density at radius 2 is 1.85 bits per heavy atom. The minimum atomic E-state index is -2.96. The summed E-state index contributed by atoms with van der Waals surface area (Å²) < 4.78 is 33.8. The molecule has 0 aliphatic rings. The number of methoxy groups -OCH3 is 1. The van der Waals surface area contributed by atoms with E-state index in [1.165, 1.54) is 25.3 Å². The van der Waals surface area contributed by atoms with E-state index in [1.807, 2.05) is 0 Å². The van der Waals surface area contributed by atoms with Gasteiger partial charge in [-0.2, -0.15) is 8.78 Å². The van der Waals surface area contributed by atoms with Crippen molar-refractivity contribution >= 4 is 23.3 Å². The lowest BCUT2D eigenvalue weighted by Gasteiger charge is -2.13. The minimum Gasteiger partial charge on any atom is -0.465 e. The van der Waals surface area contributed by atoms with E-state index < -0.39 is 18.5 Å². The summed E-state index contributed by atoms with van der Waals surface area (Å²) in [5.74, 6) is -0.988. The molecule has 1 amide bonds. The Morgan fingerprint density at radius 3 is 2.54 bits per heavy atom. The van der Waals surface area contributed by atoms with Gasteiger partial charge in [-0.1, -0.05) is 18.2 Å². The third-order valence-corrected chi connectivity index (χ3v) is 3.48. The maximum atomic E-state index is 12.4. The molecule has 2 aromatic carbocycles. The molecule has 0 aliphatic heterocycles. The van der Waals surface area contributed by atoms with Crippen molar-refractivity contribution in [2.45, 2.75) is 13.5 Å². The van der Waals surface area contributed by atoms with E-state index in [2.05, 4.69) is 20.1 Å². The van der Waals surface area contributed by atoms with Crippen LogP contribution in [-0.4, -0.2) is 32.1 Å². The Bertz CT molecular complexity index is 797. The summed E-state index contributed by atoms with van der Waals surface area (Å²) in [6, 6.07) is 10.8. The van der Waals surface area contributed by atoms with Gasteiger partial charge in [0.15, 0.2) is 0 Å². The first kappa shape index (κ1) is 19.2. The van der Waals surface area contributed by atoms with Crippen LogP contribution in [-0.2, 0) is 9.53 Å². The normalized spacial score (nSPS) is 10.3. The van der Waals surface area contributed by atoms with Crippen molar-refractivity contribution in [3.05, 3.63) is 53.6 Å². The lowest BCUT2D eigenvalue weighted by molar-refractivity contribution is -0.114. The second kappa shape index (κ2) is 8.80. The van der Waals surface area contributed by atoms with Crippen LogP contribution in [0.25, 0.3) is 0 Å². The van der Waals surface area contributed by atoms with E-state index in [4.69, 9.17) is 0 Å². The Hall–Kier alpha value is -3.16. The molecule has 0 spiro atoms. The van der Waals surface area contributed by atoms with Gasteiger partial charge in [-0.15, -0.1) is 0 Å². The van der Waals surface area contributed by atoms with Crippen LogP contribution in [0.5, 0.6) is 5.75 Å². The van der Waals surface area contributed by atoms with Gasteiger partial charge in [0.1, 0.15) is 5.75 Å². The number of carbonyl (C=O) groups is 2. The standard InChI is InChI=1S/C18H18F2N2O4/c1-11-7-8-12(17(24)25-2)9-14(11)22-16(23)10-21-13-5-3-4-6-15(13)26-18(19)20/h3-9,18,21H,10H2,1-2H3,(H,22,23). The largest absolute Gasteiger partial charge is 0.465 e. The highest BCUT2D eigenvalue weighted by Crippen LogP contribution is 2.25. The van der Waals surface area contributed by atoms with Crippen molar-refractivity contribution < 1.29 is 27.8 Å². The molecule has 0 bridgehead atoms. The second-order valence-corrected chi connectivity index (χ2v) is 5.30. The van der Waals surface area contributed by atoms with Crippen LogP contribution < -0.4 is 15.4 Å². The van der Waals surface area contributed by atoms with Gasteiger partial charge < -0.3 is 20.1 Å². The maximum Gasteiger partial charge on any atom is 0.387 e. The molecule has 2 N–H and O–H groups in total. The molecule has 2 rings (SSSR count). The summed E-state index contributed by atoms with van der Waals surface area (Å²) >= 11 is 0. The molecule has 0 saturated heterocycles. The summed E-state index contributed by atoms with van der Waals surface area (Å²) in [7, 11) is 1.27. The number of carbonyl (C=O) groups excluding carboxylic acids is 2. The van der Waals surface area contributed by atoms with Gasteiger partial charge >= 0.3 is 12.6 Å². The van der Waals surface area contributed by atoms with Crippen molar-refractivity contribution in [2.75, 3.05) is 24.3 Å². The third kappa shape index (κ3) is 5.17. The molecule has 0 atom stereocenters. The molecule has 0 heterocycles. The predicted octanol–water partition coefficient (Wildman–Crippen LogP) is 3.43. The van der Waals surface area contributed by atoms with Gasteiger partial charge in [0.25, 0.3) is 0 Å². The zero-order valence-corrected chi connectivity index (χ0v) is 14.2. The molecule has 0 saturated carbocycles. The van der Waals surface area contributed by atoms with Crippen molar-refractivity contribution in [1.82, 2.24) is 0 Å². The average molecular weight is 364 g/mol. The summed E-state index contributed by atoms with van der Waals surface area (Å²) in [5, 5.41) is 5.41. The van der Waals surface area contributed by atoms with E-state index in [0.29, 0.717) is 11.3 Å². The minimum absolute atomic E-state index is 0.0563. The zero-order chi connectivity index (χ0) is 19.1. The molecule has 0 radical (unpaired) electrons. The maximum absolute atomic E-state index is 12.4. The van der Waals surface area contributed by atoms with Crippen LogP contribution in [0.15, 0.2) is 42.5 Å². The molecule has 0 aliphatic carbocycles. The lowest BCUT2D eigenvalue weighted by Crippen LogP contribution is -2.22. The number of nitrogens with one attached hydrogen (secondary N) is 2. The van der Waals surface area contributed by atoms with Crippen molar-refractivity contribution in [1.29, 1.82) is 0 Å². The van der Waals surface area contributed by atoms with Crippen molar-refractivity contribution in [3.8, 4) is 5.75 Å². The number of halogens is 2. The van der Waals surface area contributed by atoms with Crippen LogP contribution in [0.2, 0.25) is 0 Å². The monoisotopic (exact) mass is 364 g/mol. The molecular formula is C18H18F2N2O4. The number of benzene rings is 2. The SMILES string of the molecule is COC(=O)c1ccc(C)c(NC(=O)CNc2ccccc2OC(F)F)c1. The summed E-state index contributed by atoms with van der Waals surface area (Å²) in [6.07, 6.45) is 0. The first-order valence-corrected chi connectivity index (χ1v) is 7.67. The van der Waals surface area contributed by atoms with Crippen molar-refractivity contribution in [2.24, 2.45) is 0 Å². The summed E-state index contributed by atoms with van der Waals surface area (Å²) in [6.45, 7) is -1.36. The van der Waals surface area contributed by atoms with Crippen molar-refractivity contribution in [3.63, 3.8) is 0 Å². The van der Waals surface area contributed by atoms with Crippen LogP contribution >= 0.6 is 0 Å². The Labute approximate surface area is 149 Å². The highest BCUT2D eigenvalue weighted by molar-refractivity contribution is 5.97. The molecule has 0 aromatic heterocycles. The van der Waals surface area contributed by atoms with Gasteiger partial charge in [0, 0.05) is 5.69 Å². The van der Waals surface area contributed by atoms with Gasteiger partial charge in [-0.3, -0.25) is 4.79 Å². The van der Waals surface area contributed by atoms with Crippen LogP contribution in [0.4, 0.5) is 20.2 Å². The fourth-order valence-corrected chi connectivity index (χ4v) is 2.18. The number of aryl methyl sites for hydroxylation is 1. The van der Waals surface area contributed by atoms with E-state index >= 15 is 0 Å². The first-order chi connectivity index (χ1) is 12.4. The summed E-state index contributed by atoms with van der Waals surface area (Å²) in [5.41, 5.74) is 1.78. The van der Waals surface area contributed by atoms with Crippen LogP contribution in [0.3, 0.4) is 0 Å². The van der Waals surface area contributed by atoms with E-state index in [-0.39, 0.29) is 18.0 Å². The molecule has 26 heavy (non-hydrogen) atoms. The molecule has 8 heteroatoms. The van der Waals surface area contributed by atoms with E-state index in [1.54, 1.807) is 31.2 Å². The topological polar surface area (TPSA) is 76.7 Å². The molecular weight excluding hydrogens is 346 g/mol. The quantitative estimate of drug-likeness (QED) is 0.736. The second-order valence-electron chi connectivity index (χ2n) is 5.30. The highest BCUT2D eigenvalue weighted by Gasteiger charge is 2.12. The Balaban J connectivity index is 2.03. The number of amides is 1. The van der Waals surface area contributed by atoms with Crippen LogP contribution in [0, 0.1) is 6.92 Å². The highest BCUT2D eigenvalue weighted by atomic mass is 19.3. The molecule has 2 aromatic rings. The number of para-hydroxylation sites is 2. The van der Waals surface area contributed by atoms with Gasteiger partial charge in [0.05, 0.1) is 24.9 Å². The molecule has 6 nitrogen and oxygen atoms in total. The number of hydrogen-bond donors (Lipinski definition) is 2. The van der Waals surface area contributed by atoms with E-state index in [0.717, 1.165) is 5.56 Å². The molecule has 0 fully saturated rings. The Morgan fingerprint density at radius 1 is 1.12 bits per heavy atom. The predicted molar refractivity (Wildman–Crippen MR) is 92.7 cm³/mol. The van der Waals surface area contributed by atoms with Gasteiger partial charge in [0.2, 0.25) is 5.91 Å². The lowest BCUT2D eigenvalue weighted by atomic mass is 10.1. The number of esters is 1. The fraction of sp³-hybridized carbons (Fsp3) is 0.222. The third-order valence-electron chi connectivity index (χ3n) is 3.48. The van der Waals surface area contributed by atoms with Gasteiger partial charge in [-0.25, -0.2) is 4.79 Å². The van der Waals surface area contributed by atoms with E-state index in [9.17, 15) is 18.4 Å². The fourth-order valence-electron chi connectivity index (χ4n) is 2.18. The number of rotatable bonds is 7. The summed E-state index contributed by atoms with van der Waals surface area (Å²) in [4.78, 5) is 23.7. The first-order valence-electron chi connectivity index (χ1n) is 7.67. The number of ether oxygens (including phenoxy) is 2. The zero-order valence-electron chi connectivity index (χ0n) is 14.2. The average Bonchev–Trinajstić information content (AvgIpc) is 2.61.